The standard InChI is InChI=1S/C29H24FN5O2S/c1-2-25(37)35-15-29(16-35)9-10-34(14-29)28-21(12-31)26(19-5-3-4-6-22(19)30)20-8-7-18(11-23(20)33-28)27-24(13-36)32-17-38-27/h2-8,11,17,36H,1,9-10,13-16H2. The van der Waals surface area contributed by atoms with E-state index in [1.54, 1.807) is 28.6 Å². The van der Waals surface area contributed by atoms with E-state index in [9.17, 15) is 15.2 Å². The summed E-state index contributed by atoms with van der Waals surface area (Å²) in [7, 11) is 0. The number of aromatic nitrogens is 2. The largest absolute Gasteiger partial charge is 0.390 e. The van der Waals surface area contributed by atoms with Crippen molar-refractivity contribution in [2.45, 2.75) is 13.0 Å². The monoisotopic (exact) mass is 525 g/mol. The Morgan fingerprint density at radius 2 is 2.08 bits per heavy atom. The summed E-state index contributed by atoms with van der Waals surface area (Å²) in [5, 5.41) is 20.8. The van der Waals surface area contributed by atoms with Gasteiger partial charge in [0.05, 0.1) is 28.2 Å². The van der Waals surface area contributed by atoms with Crippen molar-refractivity contribution < 1.29 is 14.3 Å². The molecule has 1 spiro atoms. The average Bonchev–Trinajstić information content (AvgIpc) is 3.59. The summed E-state index contributed by atoms with van der Waals surface area (Å²) in [6.07, 6.45) is 2.20. The van der Waals surface area contributed by atoms with Gasteiger partial charge in [-0.15, -0.1) is 11.3 Å². The number of rotatable bonds is 5. The van der Waals surface area contributed by atoms with Gasteiger partial charge in [0.2, 0.25) is 5.91 Å². The number of pyridine rings is 1. The molecule has 0 bridgehead atoms. The van der Waals surface area contributed by atoms with Crippen LogP contribution in [0.4, 0.5) is 10.2 Å². The van der Waals surface area contributed by atoms with E-state index in [2.05, 4.69) is 22.5 Å². The molecule has 0 saturated carbocycles. The second kappa shape index (κ2) is 9.31. The lowest BCUT2D eigenvalue weighted by atomic mass is 9.79. The Balaban J connectivity index is 1.50. The molecule has 0 aliphatic carbocycles. The van der Waals surface area contributed by atoms with Crippen LogP contribution in [0.3, 0.4) is 0 Å². The van der Waals surface area contributed by atoms with Gasteiger partial charge in [-0.25, -0.2) is 14.4 Å². The highest BCUT2D eigenvalue weighted by Gasteiger charge is 2.49. The number of hydrogen-bond donors (Lipinski definition) is 1. The molecule has 0 radical (unpaired) electrons. The van der Waals surface area contributed by atoms with Gasteiger partial charge in [0.15, 0.2) is 0 Å². The van der Waals surface area contributed by atoms with Gasteiger partial charge in [-0.1, -0.05) is 36.9 Å². The lowest BCUT2D eigenvalue weighted by Crippen LogP contribution is -2.59. The van der Waals surface area contributed by atoms with Crippen molar-refractivity contribution in [2.75, 3.05) is 31.1 Å². The van der Waals surface area contributed by atoms with Crippen LogP contribution in [0.5, 0.6) is 0 Å². The third kappa shape index (κ3) is 3.85. The van der Waals surface area contributed by atoms with E-state index in [0.717, 1.165) is 16.9 Å². The Bertz CT molecular complexity index is 1640. The first-order chi connectivity index (χ1) is 18.5. The number of likely N-dealkylation sites (tertiary alicyclic amines) is 1. The molecule has 2 aliphatic heterocycles. The van der Waals surface area contributed by atoms with E-state index < -0.39 is 5.82 Å². The summed E-state index contributed by atoms with van der Waals surface area (Å²) in [5.41, 5.74) is 4.90. The van der Waals surface area contributed by atoms with Gasteiger partial charge >= 0.3 is 0 Å². The number of aliphatic hydroxyl groups excluding tert-OH is 1. The Morgan fingerprint density at radius 3 is 2.82 bits per heavy atom. The Hall–Kier alpha value is -4.13. The highest BCUT2D eigenvalue weighted by atomic mass is 32.1. The molecule has 4 aromatic rings. The smallest absolute Gasteiger partial charge is 0.245 e. The highest BCUT2D eigenvalue weighted by Crippen LogP contribution is 2.44. The number of thiazole rings is 1. The molecule has 38 heavy (non-hydrogen) atoms. The van der Waals surface area contributed by atoms with Crippen LogP contribution >= 0.6 is 11.3 Å². The predicted molar refractivity (Wildman–Crippen MR) is 145 cm³/mol. The van der Waals surface area contributed by atoms with Crippen LogP contribution in [-0.2, 0) is 11.4 Å². The zero-order valence-electron chi connectivity index (χ0n) is 20.5. The second-order valence-corrected chi connectivity index (χ2v) is 10.7. The molecule has 0 atom stereocenters. The molecule has 2 saturated heterocycles. The van der Waals surface area contributed by atoms with E-state index in [0.29, 0.717) is 65.3 Å². The van der Waals surface area contributed by atoms with Crippen molar-refractivity contribution in [3.63, 3.8) is 0 Å². The van der Waals surface area contributed by atoms with Gasteiger partial charge in [0.1, 0.15) is 23.3 Å². The first kappa shape index (κ1) is 24.2. The van der Waals surface area contributed by atoms with Crippen molar-refractivity contribution in [1.82, 2.24) is 14.9 Å². The number of aliphatic hydroxyl groups is 1. The van der Waals surface area contributed by atoms with Gasteiger partial charge in [-0.3, -0.25) is 4.79 Å². The topological polar surface area (TPSA) is 93.3 Å². The van der Waals surface area contributed by atoms with Crippen LogP contribution in [0.1, 0.15) is 17.7 Å². The number of fused-ring (bicyclic) bond motifs is 1. The maximum atomic E-state index is 15.1. The van der Waals surface area contributed by atoms with E-state index in [4.69, 9.17) is 4.98 Å². The predicted octanol–water partition coefficient (Wildman–Crippen LogP) is 4.75. The molecular weight excluding hydrogens is 501 g/mol. The number of amides is 1. The summed E-state index contributed by atoms with van der Waals surface area (Å²) in [6.45, 7) is 6.03. The Kier molecular flexibility index (Phi) is 5.94. The van der Waals surface area contributed by atoms with Gasteiger partial charge in [0, 0.05) is 48.1 Å². The summed E-state index contributed by atoms with van der Waals surface area (Å²) in [4.78, 5) is 26.0. The van der Waals surface area contributed by atoms with Crippen molar-refractivity contribution in [1.29, 1.82) is 5.26 Å². The number of carbonyl (C=O) groups excluding carboxylic acids is 1. The Labute approximate surface area is 223 Å². The zero-order chi connectivity index (χ0) is 26.4. The highest BCUT2D eigenvalue weighted by molar-refractivity contribution is 7.13. The minimum Gasteiger partial charge on any atom is -0.390 e. The SMILES string of the molecule is C=CC(=O)N1CC2(CCN(c3nc4cc(-c5scnc5CO)ccc4c(-c4ccccc4F)c3C#N)C2)C1. The fourth-order valence-corrected chi connectivity index (χ4v) is 6.51. The molecule has 2 fully saturated rings. The number of hydrogen-bond acceptors (Lipinski definition) is 7. The molecule has 1 amide bonds. The minimum atomic E-state index is -0.410. The van der Waals surface area contributed by atoms with Gasteiger partial charge in [-0.2, -0.15) is 5.26 Å². The lowest BCUT2D eigenvalue weighted by molar-refractivity contribution is -0.136. The average molecular weight is 526 g/mol. The minimum absolute atomic E-state index is 0.0549. The molecule has 2 aromatic carbocycles. The third-order valence-electron chi connectivity index (χ3n) is 7.55. The van der Waals surface area contributed by atoms with Crippen molar-refractivity contribution in [3.05, 3.63) is 77.7 Å². The maximum Gasteiger partial charge on any atom is 0.245 e. The number of nitrogens with zero attached hydrogens (tertiary/aromatic N) is 5. The molecule has 7 nitrogen and oxygen atoms in total. The molecule has 190 valence electrons. The van der Waals surface area contributed by atoms with Gasteiger partial charge < -0.3 is 14.9 Å². The number of nitriles is 1. The number of anilines is 1. The molecule has 2 aromatic heterocycles. The van der Waals surface area contributed by atoms with E-state index in [1.807, 2.05) is 18.2 Å². The fraction of sp³-hybridized carbons (Fsp3) is 0.241. The summed E-state index contributed by atoms with van der Waals surface area (Å²) in [5.74, 6) is 0.0368. The number of benzene rings is 2. The molecule has 6 rings (SSSR count). The van der Waals surface area contributed by atoms with Gasteiger partial charge in [-0.05, 0) is 30.2 Å². The van der Waals surface area contributed by atoms with Crippen LogP contribution in [0, 0.1) is 22.6 Å². The summed E-state index contributed by atoms with van der Waals surface area (Å²) < 4.78 is 15.1. The van der Waals surface area contributed by atoms with Crippen LogP contribution in [0.2, 0.25) is 0 Å². The number of halogens is 1. The van der Waals surface area contributed by atoms with Crippen LogP contribution in [-0.4, -0.2) is 52.1 Å². The van der Waals surface area contributed by atoms with E-state index >= 15 is 4.39 Å². The Morgan fingerprint density at radius 1 is 1.26 bits per heavy atom. The second-order valence-electron chi connectivity index (χ2n) is 9.87. The molecular formula is C29H24FN5O2S. The maximum absolute atomic E-state index is 15.1. The third-order valence-corrected chi connectivity index (χ3v) is 8.47. The van der Waals surface area contributed by atoms with E-state index in [1.165, 1.54) is 23.5 Å². The zero-order valence-corrected chi connectivity index (χ0v) is 21.3. The molecule has 4 heterocycles. The van der Waals surface area contributed by atoms with Crippen molar-refractivity contribution in [3.8, 4) is 27.6 Å². The van der Waals surface area contributed by atoms with E-state index in [-0.39, 0.29) is 17.9 Å². The molecule has 1 N–H and O–H groups in total. The molecule has 0 unspecified atom stereocenters. The lowest BCUT2D eigenvalue weighted by Gasteiger charge is -2.47. The van der Waals surface area contributed by atoms with Crippen LogP contribution < -0.4 is 4.90 Å². The first-order valence-corrected chi connectivity index (χ1v) is 13.2. The molecule has 9 heteroatoms. The van der Waals surface area contributed by atoms with Gasteiger partial charge in [0.25, 0.3) is 0 Å². The quantitative estimate of drug-likeness (QED) is 0.378. The normalized spacial score (nSPS) is 16.0. The number of carbonyl (C=O) groups is 1. The summed E-state index contributed by atoms with van der Waals surface area (Å²) in [6, 6.07) is 14.5. The first-order valence-electron chi connectivity index (χ1n) is 12.3. The van der Waals surface area contributed by atoms with Crippen molar-refractivity contribution in [2.24, 2.45) is 5.41 Å². The fourth-order valence-electron chi connectivity index (χ4n) is 5.71. The summed E-state index contributed by atoms with van der Waals surface area (Å²) >= 11 is 1.43. The van der Waals surface area contributed by atoms with Crippen LogP contribution in [0.25, 0.3) is 32.5 Å². The van der Waals surface area contributed by atoms with Crippen LogP contribution in [0.15, 0.2) is 60.6 Å². The van der Waals surface area contributed by atoms with Crippen molar-refractivity contribution >= 4 is 34.0 Å². The molecule has 2 aliphatic rings.